The molecule has 0 aliphatic carbocycles. The first kappa shape index (κ1) is 12.2. The number of hydrogen-bond acceptors (Lipinski definition) is 4. The number of carbonyl (C=O) groups excluding carboxylic acids is 1. The molecule has 1 heterocycles. The second-order valence-electron chi connectivity index (χ2n) is 3.36. The SMILES string of the molecule is COCC(NC(C)c1ccsc1)C(N)=O. The maximum absolute atomic E-state index is 11.1. The fourth-order valence-corrected chi connectivity index (χ4v) is 2.05. The Balaban J connectivity index is 2.54. The van der Waals surface area contributed by atoms with Gasteiger partial charge in [0.05, 0.1) is 6.61 Å². The van der Waals surface area contributed by atoms with Gasteiger partial charge in [-0.25, -0.2) is 0 Å². The molecule has 1 rings (SSSR count). The first-order valence-electron chi connectivity index (χ1n) is 4.71. The summed E-state index contributed by atoms with van der Waals surface area (Å²) < 4.78 is 4.92. The van der Waals surface area contributed by atoms with Crippen molar-refractivity contribution in [1.82, 2.24) is 5.32 Å². The number of nitrogens with two attached hydrogens (primary N) is 1. The van der Waals surface area contributed by atoms with Crippen LogP contribution in [0.4, 0.5) is 0 Å². The number of methoxy groups -OCH3 is 1. The van der Waals surface area contributed by atoms with Gasteiger partial charge in [0.1, 0.15) is 6.04 Å². The predicted molar refractivity (Wildman–Crippen MR) is 60.7 cm³/mol. The van der Waals surface area contributed by atoms with E-state index < -0.39 is 6.04 Å². The summed E-state index contributed by atoms with van der Waals surface area (Å²) >= 11 is 1.63. The molecule has 1 aromatic rings. The minimum atomic E-state index is -0.440. The van der Waals surface area contributed by atoms with Crippen LogP contribution in [0.1, 0.15) is 18.5 Å². The molecule has 0 aromatic carbocycles. The summed E-state index contributed by atoms with van der Waals surface area (Å²) in [6, 6.07) is 1.68. The summed E-state index contributed by atoms with van der Waals surface area (Å²) in [7, 11) is 1.55. The van der Waals surface area contributed by atoms with Gasteiger partial charge in [-0.3, -0.25) is 10.1 Å². The summed E-state index contributed by atoms with van der Waals surface area (Å²) in [6.07, 6.45) is 0. The number of nitrogens with one attached hydrogen (secondary N) is 1. The van der Waals surface area contributed by atoms with Gasteiger partial charge in [0.25, 0.3) is 0 Å². The monoisotopic (exact) mass is 228 g/mol. The molecule has 3 N–H and O–H groups in total. The van der Waals surface area contributed by atoms with E-state index >= 15 is 0 Å². The zero-order valence-electron chi connectivity index (χ0n) is 8.90. The van der Waals surface area contributed by atoms with Gasteiger partial charge in [0.15, 0.2) is 0 Å². The molecule has 2 unspecified atom stereocenters. The lowest BCUT2D eigenvalue weighted by atomic mass is 10.1. The molecule has 0 saturated heterocycles. The van der Waals surface area contributed by atoms with Crippen molar-refractivity contribution < 1.29 is 9.53 Å². The molecule has 0 aliphatic heterocycles. The van der Waals surface area contributed by atoms with Crippen molar-refractivity contribution in [2.45, 2.75) is 19.0 Å². The third-order valence-corrected chi connectivity index (χ3v) is 2.87. The number of rotatable bonds is 6. The van der Waals surface area contributed by atoms with Gasteiger partial charge in [-0.1, -0.05) is 0 Å². The van der Waals surface area contributed by atoms with E-state index in [1.807, 2.05) is 23.8 Å². The van der Waals surface area contributed by atoms with Crippen LogP contribution in [-0.2, 0) is 9.53 Å². The number of amides is 1. The quantitative estimate of drug-likeness (QED) is 0.760. The molecule has 0 fully saturated rings. The van der Waals surface area contributed by atoms with Gasteiger partial charge in [0.2, 0.25) is 5.91 Å². The van der Waals surface area contributed by atoms with Crippen LogP contribution in [0, 0.1) is 0 Å². The Morgan fingerprint density at radius 1 is 1.73 bits per heavy atom. The molecule has 0 saturated carbocycles. The molecule has 0 radical (unpaired) electrons. The fourth-order valence-electron chi connectivity index (χ4n) is 1.30. The average molecular weight is 228 g/mol. The Morgan fingerprint density at radius 2 is 2.47 bits per heavy atom. The van der Waals surface area contributed by atoms with Gasteiger partial charge in [-0.15, -0.1) is 0 Å². The van der Waals surface area contributed by atoms with Crippen molar-refractivity contribution in [3.8, 4) is 0 Å². The predicted octanol–water partition coefficient (Wildman–Crippen LogP) is 0.899. The molecule has 5 heteroatoms. The molecule has 0 spiro atoms. The van der Waals surface area contributed by atoms with E-state index in [2.05, 4.69) is 5.32 Å². The third-order valence-electron chi connectivity index (χ3n) is 2.17. The average Bonchev–Trinajstić information content (AvgIpc) is 2.69. The van der Waals surface area contributed by atoms with Crippen LogP contribution in [0.25, 0.3) is 0 Å². The largest absolute Gasteiger partial charge is 0.383 e. The van der Waals surface area contributed by atoms with Crippen molar-refractivity contribution in [1.29, 1.82) is 0 Å². The zero-order valence-corrected chi connectivity index (χ0v) is 9.71. The van der Waals surface area contributed by atoms with Crippen molar-refractivity contribution in [2.24, 2.45) is 5.73 Å². The van der Waals surface area contributed by atoms with Crippen LogP contribution in [0.5, 0.6) is 0 Å². The molecular weight excluding hydrogens is 212 g/mol. The Labute approximate surface area is 93.4 Å². The summed E-state index contributed by atoms with van der Waals surface area (Å²) in [5, 5.41) is 7.17. The summed E-state index contributed by atoms with van der Waals surface area (Å²) in [5.74, 6) is -0.390. The minimum Gasteiger partial charge on any atom is -0.383 e. The van der Waals surface area contributed by atoms with Crippen LogP contribution in [0.3, 0.4) is 0 Å². The van der Waals surface area contributed by atoms with E-state index in [0.717, 1.165) is 5.56 Å². The van der Waals surface area contributed by atoms with Gasteiger partial charge >= 0.3 is 0 Å². The lowest BCUT2D eigenvalue weighted by Gasteiger charge is -2.19. The van der Waals surface area contributed by atoms with Crippen molar-refractivity contribution >= 4 is 17.2 Å². The second-order valence-corrected chi connectivity index (χ2v) is 4.14. The Morgan fingerprint density at radius 3 is 2.93 bits per heavy atom. The summed E-state index contributed by atoms with van der Waals surface area (Å²) in [5.41, 5.74) is 6.40. The minimum absolute atomic E-state index is 0.101. The highest BCUT2D eigenvalue weighted by Crippen LogP contribution is 2.15. The van der Waals surface area contributed by atoms with Crippen LogP contribution in [0.2, 0.25) is 0 Å². The third kappa shape index (κ3) is 3.62. The number of ether oxygens (including phenoxy) is 1. The number of primary amides is 1. The lowest BCUT2D eigenvalue weighted by Crippen LogP contribution is -2.45. The summed E-state index contributed by atoms with van der Waals surface area (Å²) in [4.78, 5) is 11.1. The lowest BCUT2D eigenvalue weighted by molar-refractivity contribution is -0.121. The van der Waals surface area contributed by atoms with E-state index in [-0.39, 0.29) is 11.9 Å². The highest BCUT2D eigenvalue weighted by atomic mass is 32.1. The van der Waals surface area contributed by atoms with E-state index in [0.29, 0.717) is 6.61 Å². The molecule has 15 heavy (non-hydrogen) atoms. The topological polar surface area (TPSA) is 64.3 Å². The number of carbonyl (C=O) groups is 1. The van der Waals surface area contributed by atoms with Crippen LogP contribution in [0.15, 0.2) is 16.8 Å². The summed E-state index contributed by atoms with van der Waals surface area (Å²) in [6.45, 7) is 2.29. The number of hydrogen-bond donors (Lipinski definition) is 2. The zero-order chi connectivity index (χ0) is 11.3. The van der Waals surface area contributed by atoms with Crippen molar-refractivity contribution in [3.05, 3.63) is 22.4 Å². The Kier molecular flexibility index (Phi) is 4.74. The first-order chi connectivity index (χ1) is 7.15. The molecule has 1 amide bonds. The maximum atomic E-state index is 11.1. The van der Waals surface area contributed by atoms with Gasteiger partial charge < -0.3 is 10.5 Å². The van der Waals surface area contributed by atoms with Gasteiger partial charge in [-0.05, 0) is 29.3 Å². The van der Waals surface area contributed by atoms with Crippen LogP contribution >= 0.6 is 11.3 Å². The molecule has 1 aromatic heterocycles. The highest BCUT2D eigenvalue weighted by Gasteiger charge is 2.18. The van der Waals surface area contributed by atoms with Crippen LogP contribution in [-0.4, -0.2) is 25.7 Å². The standard InChI is InChI=1S/C10H16N2O2S/c1-7(8-3-4-15-6-8)12-9(5-14-2)10(11)13/h3-4,6-7,9,12H,5H2,1-2H3,(H2,11,13). The van der Waals surface area contributed by atoms with Gasteiger partial charge in [-0.2, -0.15) is 11.3 Å². The highest BCUT2D eigenvalue weighted by molar-refractivity contribution is 7.07. The fraction of sp³-hybridized carbons (Fsp3) is 0.500. The maximum Gasteiger partial charge on any atom is 0.236 e. The smallest absolute Gasteiger partial charge is 0.236 e. The van der Waals surface area contributed by atoms with Crippen molar-refractivity contribution in [2.75, 3.05) is 13.7 Å². The van der Waals surface area contributed by atoms with E-state index in [9.17, 15) is 4.79 Å². The number of thiophene rings is 1. The van der Waals surface area contributed by atoms with Gasteiger partial charge in [0, 0.05) is 13.2 Å². The Hall–Kier alpha value is -0.910. The first-order valence-corrected chi connectivity index (χ1v) is 5.65. The normalized spacial score (nSPS) is 14.8. The van der Waals surface area contributed by atoms with Crippen molar-refractivity contribution in [3.63, 3.8) is 0 Å². The van der Waals surface area contributed by atoms with E-state index in [1.165, 1.54) is 0 Å². The van der Waals surface area contributed by atoms with Crippen LogP contribution < -0.4 is 11.1 Å². The Bertz CT molecular complexity index is 300. The second kappa shape index (κ2) is 5.85. The molecular formula is C10H16N2O2S. The molecule has 0 bridgehead atoms. The molecule has 4 nitrogen and oxygen atoms in total. The van der Waals surface area contributed by atoms with E-state index in [1.54, 1.807) is 18.4 Å². The molecule has 84 valence electrons. The molecule has 0 aliphatic rings. The van der Waals surface area contributed by atoms with E-state index in [4.69, 9.17) is 10.5 Å². The molecule has 2 atom stereocenters.